The van der Waals surface area contributed by atoms with Crippen LogP contribution in [0.5, 0.6) is 0 Å². The van der Waals surface area contributed by atoms with Crippen molar-refractivity contribution in [1.82, 2.24) is 20.1 Å². The molecule has 0 unspecified atom stereocenters. The van der Waals surface area contributed by atoms with Crippen molar-refractivity contribution in [2.24, 2.45) is 0 Å². The number of carbonyl (C=O) groups excluding carboxylic acids is 1. The molecule has 0 fully saturated rings. The summed E-state index contributed by atoms with van der Waals surface area (Å²) in [7, 11) is 1.78. The van der Waals surface area contributed by atoms with Gasteiger partial charge in [0.15, 0.2) is 5.82 Å². The number of nitrogens with zero attached hydrogens (tertiary/aromatic N) is 3. The standard InChI is InChI=1S/C12H16N4OS/c1-9-13-11(15-14-9)8-16(2)12(17)6-5-10-4-3-7-18-10/h3-4,7H,5-6,8H2,1-2H3,(H,13,14,15). The molecule has 2 rings (SSSR count). The molecule has 0 aliphatic heterocycles. The molecule has 5 nitrogen and oxygen atoms in total. The van der Waals surface area contributed by atoms with Crippen LogP contribution in [-0.2, 0) is 17.8 Å². The van der Waals surface area contributed by atoms with Gasteiger partial charge in [-0.25, -0.2) is 4.98 Å². The van der Waals surface area contributed by atoms with E-state index in [1.807, 2.05) is 18.4 Å². The molecule has 1 amide bonds. The van der Waals surface area contributed by atoms with Crippen LogP contribution in [0.15, 0.2) is 17.5 Å². The third kappa shape index (κ3) is 3.40. The molecule has 0 saturated carbocycles. The van der Waals surface area contributed by atoms with Crippen LogP contribution in [0.25, 0.3) is 0 Å². The van der Waals surface area contributed by atoms with Crippen molar-refractivity contribution in [1.29, 1.82) is 0 Å². The Bertz CT molecular complexity index is 506. The SMILES string of the molecule is Cc1nc(CN(C)C(=O)CCc2cccs2)n[nH]1. The van der Waals surface area contributed by atoms with Crippen LogP contribution in [0.2, 0.25) is 0 Å². The third-order valence-electron chi connectivity index (χ3n) is 2.61. The van der Waals surface area contributed by atoms with E-state index < -0.39 is 0 Å². The normalized spacial score (nSPS) is 10.6. The first-order chi connectivity index (χ1) is 8.65. The lowest BCUT2D eigenvalue weighted by atomic mass is 10.2. The van der Waals surface area contributed by atoms with E-state index in [0.717, 1.165) is 12.2 Å². The molecule has 0 saturated heterocycles. The van der Waals surface area contributed by atoms with E-state index in [4.69, 9.17) is 0 Å². The van der Waals surface area contributed by atoms with Gasteiger partial charge in [-0.3, -0.25) is 9.89 Å². The van der Waals surface area contributed by atoms with Crippen LogP contribution in [0.1, 0.15) is 22.9 Å². The lowest BCUT2D eigenvalue weighted by molar-refractivity contribution is -0.130. The van der Waals surface area contributed by atoms with E-state index in [1.54, 1.807) is 23.3 Å². The molecule has 2 aromatic heterocycles. The van der Waals surface area contributed by atoms with Crippen molar-refractivity contribution >= 4 is 17.2 Å². The van der Waals surface area contributed by atoms with E-state index in [0.29, 0.717) is 18.8 Å². The van der Waals surface area contributed by atoms with Gasteiger partial charge in [0.2, 0.25) is 5.91 Å². The van der Waals surface area contributed by atoms with Crippen LogP contribution in [-0.4, -0.2) is 33.0 Å². The number of nitrogens with one attached hydrogen (secondary N) is 1. The summed E-state index contributed by atoms with van der Waals surface area (Å²) in [4.78, 5) is 19.0. The van der Waals surface area contributed by atoms with E-state index in [9.17, 15) is 4.79 Å². The van der Waals surface area contributed by atoms with Gasteiger partial charge in [0.05, 0.1) is 6.54 Å². The zero-order valence-corrected chi connectivity index (χ0v) is 11.3. The molecular weight excluding hydrogens is 248 g/mol. The van der Waals surface area contributed by atoms with Crippen LogP contribution in [0, 0.1) is 6.92 Å². The zero-order valence-electron chi connectivity index (χ0n) is 10.5. The number of thiophene rings is 1. The van der Waals surface area contributed by atoms with Crippen LogP contribution in [0.3, 0.4) is 0 Å². The maximum absolute atomic E-state index is 11.9. The molecule has 0 aliphatic rings. The summed E-state index contributed by atoms with van der Waals surface area (Å²) in [5, 5.41) is 8.82. The molecule has 18 heavy (non-hydrogen) atoms. The van der Waals surface area contributed by atoms with Gasteiger partial charge in [0.1, 0.15) is 5.82 Å². The number of aromatic amines is 1. The van der Waals surface area contributed by atoms with Crippen molar-refractivity contribution in [3.63, 3.8) is 0 Å². The Morgan fingerprint density at radius 1 is 1.56 bits per heavy atom. The second-order valence-corrected chi connectivity index (χ2v) is 5.20. The van der Waals surface area contributed by atoms with Gasteiger partial charge < -0.3 is 4.90 Å². The predicted molar refractivity (Wildman–Crippen MR) is 70.2 cm³/mol. The number of hydrogen-bond acceptors (Lipinski definition) is 4. The van der Waals surface area contributed by atoms with E-state index in [2.05, 4.69) is 21.2 Å². The molecule has 2 aromatic rings. The number of H-pyrrole nitrogens is 1. The molecular formula is C12H16N4OS. The van der Waals surface area contributed by atoms with Gasteiger partial charge >= 0.3 is 0 Å². The number of aryl methyl sites for hydroxylation is 2. The summed E-state index contributed by atoms with van der Waals surface area (Å²) >= 11 is 1.68. The first-order valence-electron chi connectivity index (χ1n) is 5.79. The Kier molecular flexibility index (Phi) is 4.09. The molecule has 0 atom stereocenters. The topological polar surface area (TPSA) is 61.9 Å². The highest BCUT2D eigenvalue weighted by molar-refractivity contribution is 7.09. The smallest absolute Gasteiger partial charge is 0.223 e. The number of hydrogen-bond donors (Lipinski definition) is 1. The number of aromatic nitrogens is 3. The second kappa shape index (κ2) is 5.77. The van der Waals surface area contributed by atoms with Crippen LogP contribution in [0.4, 0.5) is 0 Å². The number of amides is 1. The molecule has 6 heteroatoms. The predicted octanol–water partition coefficient (Wildman–Crippen LogP) is 1.77. The summed E-state index contributed by atoms with van der Waals surface area (Å²) in [5.74, 6) is 1.54. The quantitative estimate of drug-likeness (QED) is 0.895. The van der Waals surface area contributed by atoms with Crippen molar-refractivity contribution in [3.8, 4) is 0 Å². The first-order valence-corrected chi connectivity index (χ1v) is 6.67. The molecule has 0 bridgehead atoms. The van der Waals surface area contributed by atoms with Crippen LogP contribution >= 0.6 is 11.3 Å². The average Bonchev–Trinajstić information content (AvgIpc) is 2.97. The zero-order chi connectivity index (χ0) is 13.0. The Balaban J connectivity index is 1.81. The molecule has 0 aromatic carbocycles. The minimum absolute atomic E-state index is 0.117. The van der Waals surface area contributed by atoms with Gasteiger partial charge in [-0.15, -0.1) is 11.3 Å². The third-order valence-corrected chi connectivity index (χ3v) is 3.55. The van der Waals surface area contributed by atoms with Crippen molar-refractivity contribution in [2.75, 3.05) is 7.05 Å². The summed E-state index contributed by atoms with van der Waals surface area (Å²) in [6.07, 6.45) is 1.33. The lowest BCUT2D eigenvalue weighted by Gasteiger charge is -2.14. The largest absolute Gasteiger partial charge is 0.338 e. The van der Waals surface area contributed by atoms with E-state index >= 15 is 0 Å². The number of carbonyl (C=O) groups is 1. The van der Waals surface area contributed by atoms with Gasteiger partial charge in [-0.1, -0.05) is 6.07 Å². The minimum Gasteiger partial charge on any atom is -0.338 e. The molecule has 2 heterocycles. The molecule has 0 aliphatic carbocycles. The molecule has 0 spiro atoms. The van der Waals surface area contributed by atoms with Gasteiger partial charge in [0.25, 0.3) is 0 Å². The Morgan fingerprint density at radius 3 is 3.00 bits per heavy atom. The minimum atomic E-state index is 0.117. The fraction of sp³-hybridized carbons (Fsp3) is 0.417. The fourth-order valence-electron chi connectivity index (χ4n) is 1.64. The highest BCUT2D eigenvalue weighted by Crippen LogP contribution is 2.11. The van der Waals surface area contributed by atoms with Crippen LogP contribution < -0.4 is 0 Å². The van der Waals surface area contributed by atoms with E-state index in [1.165, 1.54) is 4.88 Å². The summed E-state index contributed by atoms with van der Waals surface area (Å²) in [5.41, 5.74) is 0. The van der Waals surface area contributed by atoms with Crippen molar-refractivity contribution in [2.45, 2.75) is 26.3 Å². The summed E-state index contributed by atoms with van der Waals surface area (Å²) in [6.45, 7) is 2.29. The van der Waals surface area contributed by atoms with Crippen molar-refractivity contribution < 1.29 is 4.79 Å². The summed E-state index contributed by atoms with van der Waals surface area (Å²) < 4.78 is 0. The monoisotopic (exact) mass is 264 g/mol. The Hall–Kier alpha value is -1.69. The second-order valence-electron chi connectivity index (χ2n) is 4.17. The maximum Gasteiger partial charge on any atom is 0.223 e. The highest BCUT2D eigenvalue weighted by Gasteiger charge is 2.11. The fourth-order valence-corrected chi connectivity index (χ4v) is 2.34. The lowest BCUT2D eigenvalue weighted by Crippen LogP contribution is -2.26. The number of rotatable bonds is 5. The van der Waals surface area contributed by atoms with Gasteiger partial charge in [-0.2, -0.15) is 5.10 Å². The molecule has 0 radical (unpaired) electrons. The highest BCUT2D eigenvalue weighted by atomic mass is 32.1. The summed E-state index contributed by atoms with van der Waals surface area (Å²) in [6, 6.07) is 4.06. The van der Waals surface area contributed by atoms with Crippen molar-refractivity contribution in [3.05, 3.63) is 34.0 Å². The first kappa shape index (κ1) is 12.8. The van der Waals surface area contributed by atoms with Gasteiger partial charge in [0, 0.05) is 18.3 Å². The molecule has 96 valence electrons. The average molecular weight is 264 g/mol. The van der Waals surface area contributed by atoms with E-state index in [-0.39, 0.29) is 5.91 Å². The maximum atomic E-state index is 11.9. The van der Waals surface area contributed by atoms with Gasteiger partial charge in [-0.05, 0) is 24.8 Å². The Morgan fingerprint density at radius 2 is 2.39 bits per heavy atom. The Labute approximate surface area is 110 Å². The molecule has 1 N–H and O–H groups in total.